The maximum absolute atomic E-state index is 13.3. The monoisotopic (exact) mass is 275 g/mol. The fourth-order valence-corrected chi connectivity index (χ4v) is 3.95. The minimum absolute atomic E-state index is 0.00449. The molecular formula is C12H15F2NO2S. The van der Waals surface area contributed by atoms with E-state index in [-0.39, 0.29) is 24.4 Å². The third-order valence-electron chi connectivity index (χ3n) is 3.20. The molecule has 0 aromatic heterocycles. The summed E-state index contributed by atoms with van der Waals surface area (Å²) in [5, 5.41) is 2.40. The molecule has 0 spiro atoms. The van der Waals surface area contributed by atoms with Crippen molar-refractivity contribution in [3.05, 3.63) is 35.4 Å². The minimum atomic E-state index is -3.01. The van der Waals surface area contributed by atoms with Gasteiger partial charge in [0, 0.05) is 18.7 Å². The number of halogens is 2. The summed E-state index contributed by atoms with van der Waals surface area (Å²) in [4.78, 5) is 0. The highest BCUT2D eigenvalue weighted by Crippen LogP contribution is 2.19. The highest BCUT2D eigenvalue weighted by molar-refractivity contribution is 7.92. The van der Waals surface area contributed by atoms with Crippen molar-refractivity contribution in [3.8, 4) is 0 Å². The van der Waals surface area contributed by atoms with Crippen LogP contribution in [0.3, 0.4) is 0 Å². The number of nitrogens with one attached hydrogen (secondary N) is 1. The second-order valence-electron chi connectivity index (χ2n) is 4.46. The second-order valence-corrected chi connectivity index (χ2v) is 6.86. The SMILES string of the molecule is O=S1(=O)CCC[C@H]1CNCc1c(F)cccc1F. The Morgan fingerprint density at radius 3 is 2.50 bits per heavy atom. The van der Waals surface area contributed by atoms with Gasteiger partial charge in [0.25, 0.3) is 0 Å². The van der Waals surface area contributed by atoms with Gasteiger partial charge in [0.2, 0.25) is 0 Å². The van der Waals surface area contributed by atoms with E-state index in [1.54, 1.807) is 0 Å². The minimum Gasteiger partial charge on any atom is -0.311 e. The van der Waals surface area contributed by atoms with Gasteiger partial charge in [0.15, 0.2) is 9.84 Å². The Morgan fingerprint density at radius 1 is 1.28 bits per heavy atom. The first-order chi connectivity index (χ1) is 8.50. The Labute approximate surface area is 105 Å². The van der Waals surface area contributed by atoms with Crippen molar-refractivity contribution in [3.63, 3.8) is 0 Å². The predicted octanol–water partition coefficient (Wildman–Crippen LogP) is 1.63. The molecule has 3 nitrogen and oxygen atoms in total. The summed E-state index contributed by atoms with van der Waals surface area (Å²) in [6.45, 7) is 0.251. The van der Waals surface area contributed by atoms with Crippen LogP contribution in [-0.4, -0.2) is 26.0 Å². The highest BCUT2D eigenvalue weighted by atomic mass is 32.2. The van der Waals surface area contributed by atoms with Gasteiger partial charge < -0.3 is 5.32 Å². The Bertz CT molecular complexity index is 511. The Morgan fingerprint density at radius 2 is 1.94 bits per heavy atom. The normalized spacial score (nSPS) is 22.2. The van der Waals surface area contributed by atoms with Gasteiger partial charge in [-0.2, -0.15) is 0 Å². The standard InChI is InChI=1S/C12H15F2NO2S/c13-11-4-1-5-12(14)10(11)8-15-7-9-3-2-6-18(9,16)17/h1,4-5,9,15H,2-3,6-8H2/t9-/m0/s1. The molecule has 1 aliphatic rings. The van der Waals surface area contributed by atoms with E-state index in [4.69, 9.17) is 0 Å². The highest BCUT2D eigenvalue weighted by Gasteiger charge is 2.30. The molecule has 0 bridgehead atoms. The molecule has 1 N–H and O–H groups in total. The van der Waals surface area contributed by atoms with E-state index < -0.39 is 26.7 Å². The van der Waals surface area contributed by atoms with Crippen molar-refractivity contribution in [1.29, 1.82) is 0 Å². The fourth-order valence-electron chi connectivity index (χ4n) is 2.15. The summed E-state index contributed by atoms with van der Waals surface area (Å²) in [6.07, 6.45) is 1.29. The van der Waals surface area contributed by atoms with Crippen LogP contribution < -0.4 is 5.32 Å². The quantitative estimate of drug-likeness (QED) is 0.908. The number of hydrogen-bond acceptors (Lipinski definition) is 3. The summed E-state index contributed by atoms with van der Waals surface area (Å²) >= 11 is 0. The first-order valence-electron chi connectivity index (χ1n) is 5.86. The van der Waals surface area contributed by atoms with Crippen molar-refractivity contribution in [2.75, 3.05) is 12.3 Å². The molecule has 1 fully saturated rings. The molecule has 0 radical (unpaired) electrons. The van der Waals surface area contributed by atoms with E-state index in [0.29, 0.717) is 12.8 Å². The zero-order valence-corrected chi connectivity index (χ0v) is 10.6. The van der Waals surface area contributed by atoms with Crippen LogP contribution in [0, 0.1) is 11.6 Å². The zero-order valence-electron chi connectivity index (χ0n) is 9.83. The topological polar surface area (TPSA) is 46.2 Å². The van der Waals surface area contributed by atoms with E-state index in [0.717, 1.165) is 0 Å². The summed E-state index contributed by atoms with van der Waals surface area (Å²) < 4.78 is 49.7. The largest absolute Gasteiger partial charge is 0.311 e. The van der Waals surface area contributed by atoms with Gasteiger partial charge in [0.05, 0.1) is 11.0 Å². The van der Waals surface area contributed by atoms with Crippen LogP contribution in [0.15, 0.2) is 18.2 Å². The molecule has 1 aromatic rings. The van der Waals surface area contributed by atoms with E-state index >= 15 is 0 Å². The molecule has 18 heavy (non-hydrogen) atoms. The first-order valence-corrected chi connectivity index (χ1v) is 7.57. The van der Waals surface area contributed by atoms with Crippen molar-refractivity contribution in [2.45, 2.75) is 24.6 Å². The summed E-state index contributed by atoms with van der Waals surface area (Å²) in [6, 6.07) is 3.68. The molecule has 100 valence electrons. The summed E-state index contributed by atoms with van der Waals surface area (Å²) in [5.74, 6) is -1.01. The van der Waals surface area contributed by atoms with E-state index in [9.17, 15) is 17.2 Å². The van der Waals surface area contributed by atoms with Gasteiger partial charge in [-0.3, -0.25) is 0 Å². The number of benzene rings is 1. The lowest BCUT2D eigenvalue weighted by molar-refractivity contribution is 0.528. The van der Waals surface area contributed by atoms with E-state index in [2.05, 4.69) is 5.32 Å². The first kappa shape index (κ1) is 13.4. The van der Waals surface area contributed by atoms with Gasteiger partial charge in [0.1, 0.15) is 11.6 Å². The molecular weight excluding hydrogens is 260 g/mol. The molecule has 1 saturated heterocycles. The van der Waals surface area contributed by atoms with Crippen molar-refractivity contribution >= 4 is 9.84 Å². The lowest BCUT2D eigenvalue weighted by atomic mass is 10.2. The molecule has 0 amide bonds. The molecule has 1 heterocycles. The summed E-state index contributed by atoms with van der Waals surface area (Å²) in [5.41, 5.74) is -0.0482. The average Bonchev–Trinajstić information content (AvgIpc) is 2.62. The van der Waals surface area contributed by atoms with Crippen molar-refractivity contribution < 1.29 is 17.2 Å². The van der Waals surface area contributed by atoms with Crippen LogP contribution in [0.5, 0.6) is 0 Å². The van der Waals surface area contributed by atoms with Gasteiger partial charge in [-0.1, -0.05) is 6.07 Å². The Balaban J connectivity index is 1.93. The molecule has 0 aliphatic carbocycles. The van der Waals surface area contributed by atoms with E-state index in [1.807, 2.05) is 0 Å². The van der Waals surface area contributed by atoms with E-state index in [1.165, 1.54) is 18.2 Å². The smallest absolute Gasteiger partial charge is 0.154 e. The maximum Gasteiger partial charge on any atom is 0.154 e. The predicted molar refractivity (Wildman–Crippen MR) is 64.9 cm³/mol. The average molecular weight is 275 g/mol. The van der Waals surface area contributed by atoms with Crippen LogP contribution in [0.2, 0.25) is 0 Å². The van der Waals surface area contributed by atoms with Gasteiger partial charge in [-0.25, -0.2) is 17.2 Å². The number of rotatable bonds is 4. The van der Waals surface area contributed by atoms with Crippen LogP contribution in [-0.2, 0) is 16.4 Å². The summed E-state index contributed by atoms with van der Waals surface area (Å²) in [7, 11) is -3.01. The molecule has 1 aromatic carbocycles. The third-order valence-corrected chi connectivity index (χ3v) is 5.47. The fraction of sp³-hybridized carbons (Fsp3) is 0.500. The maximum atomic E-state index is 13.3. The van der Waals surface area contributed by atoms with Gasteiger partial charge >= 0.3 is 0 Å². The number of sulfone groups is 1. The van der Waals surface area contributed by atoms with Crippen LogP contribution in [0.4, 0.5) is 8.78 Å². The lowest BCUT2D eigenvalue weighted by Crippen LogP contribution is -2.30. The van der Waals surface area contributed by atoms with Gasteiger partial charge in [-0.05, 0) is 25.0 Å². The molecule has 0 unspecified atom stereocenters. The number of hydrogen-bond donors (Lipinski definition) is 1. The van der Waals surface area contributed by atoms with Crippen LogP contribution in [0.25, 0.3) is 0 Å². The third kappa shape index (κ3) is 2.87. The van der Waals surface area contributed by atoms with Crippen LogP contribution in [0.1, 0.15) is 18.4 Å². The Hall–Kier alpha value is -1.01. The molecule has 6 heteroatoms. The zero-order chi connectivity index (χ0) is 13.2. The van der Waals surface area contributed by atoms with Crippen LogP contribution >= 0.6 is 0 Å². The molecule has 2 rings (SSSR count). The Kier molecular flexibility index (Phi) is 3.97. The molecule has 1 atom stereocenters. The van der Waals surface area contributed by atoms with Crippen molar-refractivity contribution in [2.24, 2.45) is 0 Å². The van der Waals surface area contributed by atoms with Gasteiger partial charge in [-0.15, -0.1) is 0 Å². The lowest BCUT2D eigenvalue weighted by Gasteiger charge is -2.11. The second kappa shape index (κ2) is 5.32. The van der Waals surface area contributed by atoms with Crippen molar-refractivity contribution in [1.82, 2.24) is 5.32 Å². The molecule has 0 saturated carbocycles. The molecule has 1 aliphatic heterocycles.